The zero-order chi connectivity index (χ0) is 12.7. The molecule has 0 aromatic heterocycles. The number of nitrogens with one attached hydrogen (secondary N) is 1. The summed E-state index contributed by atoms with van der Waals surface area (Å²) in [5, 5.41) is 2.95. The van der Waals surface area contributed by atoms with Gasteiger partial charge < -0.3 is 10.1 Å². The van der Waals surface area contributed by atoms with Gasteiger partial charge in [0.2, 0.25) is 0 Å². The molecule has 0 unspecified atom stereocenters. The monoisotopic (exact) mass is 235 g/mol. The van der Waals surface area contributed by atoms with Gasteiger partial charge in [-0.2, -0.15) is 0 Å². The standard InChI is InChI=1S/C14H21NO2/c1-14(2,9-10-17-3)11-15-13(16)12-7-5-4-6-8-12/h4-8H,9-11H2,1-3H3,(H,15,16). The molecule has 94 valence electrons. The van der Waals surface area contributed by atoms with Crippen molar-refractivity contribution in [3.05, 3.63) is 35.9 Å². The molecular formula is C14H21NO2. The fraction of sp³-hybridized carbons (Fsp3) is 0.500. The first-order valence-electron chi connectivity index (χ1n) is 5.87. The Kier molecular flexibility index (Phi) is 5.16. The molecular weight excluding hydrogens is 214 g/mol. The first-order valence-corrected chi connectivity index (χ1v) is 5.87. The molecule has 17 heavy (non-hydrogen) atoms. The van der Waals surface area contributed by atoms with Crippen molar-refractivity contribution in [3.8, 4) is 0 Å². The first-order chi connectivity index (χ1) is 8.05. The Morgan fingerprint density at radius 3 is 2.53 bits per heavy atom. The normalized spacial score (nSPS) is 11.2. The summed E-state index contributed by atoms with van der Waals surface area (Å²) in [6.07, 6.45) is 0.929. The van der Waals surface area contributed by atoms with E-state index >= 15 is 0 Å². The third kappa shape index (κ3) is 5.00. The molecule has 0 saturated carbocycles. The van der Waals surface area contributed by atoms with E-state index in [4.69, 9.17) is 4.74 Å². The fourth-order valence-electron chi connectivity index (χ4n) is 1.48. The van der Waals surface area contributed by atoms with Crippen LogP contribution in [0.5, 0.6) is 0 Å². The van der Waals surface area contributed by atoms with Crippen LogP contribution >= 0.6 is 0 Å². The van der Waals surface area contributed by atoms with Crippen LogP contribution in [0.15, 0.2) is 30.3 Å². The highest BCUT2D eigenvalue weighted by Gasteiger charge is 2.18. The summed E-state index contributed by atoms with van der Waals surface area (Å²) >= 11 is 0. The second-order valence-electron chi connectivity index (χ2n) is 4.96. The maximum Gasteiger partial charge on any atom is 0.251 e. The van der Waals surface area contributed by atoms with Crippen LogP contribution in [-0.2, 0) is 4.74 Å². The molecule has 0 radical (unpaired) electrons. The van der Waals surface area contributed by atoms with Crippen LogP contribution < -0.4 is 5.32 Å². The highest BCUT2D eigenvalue weighted by Crippen LogP contribution is 2.18. The summed E-state index contributed by atoms with van der Waals surface area (Å²) in [7, 11) is 1.69. The predicted molar refractivity (Wildman–Crippen MR) is 69.0 cm³/mol. The quantitative estimate of drug-likeness (QED) is 0.822. The average Bonchev–Trinajstić information content (AvgIpc) is 2.35. The topological polar surface area (TPSA) is 38.3 Å². The van der Waals surface area contributed by atoms with Crippen LogP contribution in [0.4, 0.5) is 0 Å². The lowest BCUT2D eigenvalue weighted by atomic mass is 9.89. The van der Waals surface area contributed by atoms with Crippen LogP contribution in [0, 0.1) is 5.41 Å². The molecule has 0 aliphatic rings. The van der Waals surface area contributed by atoms with Crippen molar-refractivity contribution in [2.45, 2.75) is 20.3 Å². The van der Waals surface area contributed by atoms with E-state index < -0.39 is 0 Å². The summed E-state index contributed by atoms with van der Waals surface area (Å²) in [5.41, 5.74) is 0.760. The number of ether oxygens (including phenoxy) is 1. The highest BCUT2D eigenvalue weighted by atomic mass is 16.5. The van der Waals surface area contributed by atoms with Crippen molar-refractivity contribution < 1.29 is 9.53 Å². The number of methoxy groups -OCH3 is 1. The number of rotatable bonds is 6. The van der Waals surface area contributed by atoms with E-state index in [9.17, 15) is 4.79 Å². The zero-order valence-corrected chi connectivity index (χ0v) is 10.8. The molecule has 0 aliphatic heterocycles. The van der Waals surface area contributed by atoms with Crippen molar-refractivity contribution in [1.29, 1.82) is 0 Å². The molecule has 1 aromatic carbocycles. The number of carbonyl (C=O) groups is 1. The summed E-state index contributed by atoms with van der Waals surface area (Å²) in [4.78, 5) is 11.8. The highest BCUT2D eigenvalue weighted by molar-refractivity contribution is 5.94. The number of hydrogen-bond acceptors (Lipinski definition) is 2. The molecule has 1 aromatic rings. The van der Waals surface area contributed by atoms with Crippen LogP contribution in [-0.4, -0.2) is 26.2 Å². The van der Waals surface area contributed by atoms with Gasteiger partial charge in [-0.3, -0.25) is 4.79 Å². The second kappa shape index (κ2) is 6.40. The molecule has 0 fully saturated rings. The third-order valence-corrected chi connectivity index (χ3v) is 2.75. The van der Waals surface area contributed by atoms with E-state index in [1.807, 2.05) is 30.3 Å². The number of carbonyl (C=O) groups excluding carboxylic acids is 1. The molecule has 0 spiro atoms. The Balaban J connectivity index is 2.43. The smallest absolute Gasteiger partial charge is 0.251 e. The van der Waals surface area contributed by atoms with Gasteiger partial charge in [-0.05, 0) is 24.0 Å². The van der Waals surface area contributed by atoms with Gasteiger partial charge in [-0.25, -0.2) is 0 Å². The lowest BCUT2D eigenvalue weighted by Gasteiger charge is -2.24. The first kappa shape index (κ1) is 13.7. The van der Waals surface area contributed by atoms with Crippen molar-refractivity contribution in [1.82, 2.24) is 5.32 Å². The minimum atomic E-state index is -0.0175. The Morgan fingerprint density at radius 1 is 1.29 bits per heavy atom. The van der Waals surface area contributed by atoms with Crippen molar-refractivity contribution in [3.63, 3.8) is 0 Å². The van der Waals surface area contributed by atoms with Gasteiger partial charge in [0.05, 0.1) is 0 Å². The summed E-state index contributed by atoms with van der Waals surface area (Å²) < 4.78 is 5.06. The minimum absolute atomic E-state index is 0.0175. The maximum atomic E-state index is 11.8. The Labute approximate surface area is 103 Å². The van der Waals surface area contributed by atoms with E-state index in [1.54, 1.807) is 7.11 Å². The Hall–Kier alpha value is -1.35. The van der Waals surface area contributed by atoms with Crippen molar-refractivity contribution in [2.24, 2.45) is 5.41 Å². The summed E-state index contributed by atoms with van der Waals surface area (Å²) in [6, 6.07) is 9.27. The van der Waals surface area contributed by atoms with Gasteiger partial charge >= 0.3 is 0 Å². The van der Waals surface area contributed by atoms with Crippen LogP contribution in [0.25, 0.3) is 0 Å². The van der Waals surface area contributed by atoms with Crippen LogP contribution in [0.3, 0.4) is 0 Å². The molecule has 1 rings (SSSR count). The Bertz CT molecular complexity index is 346. The fourth-order valence-corrected chi connectivity index (χ4v) is 1.48. The summed E-state index contributed by atoms with van der Waals surface area (Å²) in [6.45, 7) is 5.62. The average molecular weight is 235 g/mol. The minimum Gasteiger partial charge on any atom is -0.385 e. The van der Waals surface area contributed by atoms with Gasteiger partial charge in [0.1, 0.15) is 0 Å². The summed E-state index contributed by atoms with van der Waals surface area (Å²) in [5.74, 6) is -0.0175. The number of amides is 1. The van der Waals surface area contributed by atoms with Crippen molar-refractivity contribution >= 4 is 5.91 Å². The van der Waals surface area contributed by atoms with Gasteiger partial charge in [0.25, 0.3) is 5.91 Å². The van der Waals surface area contributed by atoms with E-state index in [0.717, 1.165) is 6.42 Å². The second-order valence-corrected chi connectivity index (χ2v) is 4.96. The van der Waals surface area contributed by atoms with Gasteiger partial charge in [-0.1, -0.05) is 32.0 Å². The SMILES string of the molecule is COCCC(C)(C)CNC(=O)c1ccccc1. The maximum absolute atomic E-state index is 11.8. The molecule has 3 heteroatoms. The Morgan fingerprint density at radius 2 is 1.94 bits per heavy atom. The van der Waals surface area contributed by atoms with E-state index in [1.165, 1.54) is 0 Å². The number of benzene rings is 1. The molecule has 3 nitrogen and oxygen atoms in total. The third-order valence-electron chi connectivity index (χ3n) is 2.75. The van der Waals surface area contributed by atoms with Crippen molar-refractivity contribution in [2.75, 3.05) is 20.3 Å². The van der Waals surface area contributed by atoms with E-state index in [2.05, 4.69) is 19.2 Å². The van der Waals surface area contributed by atoms with E-state index in [0.29, 0.717) is 18.7 Å². The van der Waals surface area contributed by atoms with Gasteiger partial charge in [0.15, 0.2) is 0 Å². The molecule has 1 N–H and O–H groups in total. The molecule has 0 heterocycles. The predicted octanol–water partition coefficient (Wildman–Crippen LogP) is 2.48. The molecule has 0 aliphatic carbocycles. The molecule has 0 saturated heterocycles. The molecule has 1 amide bonds. The molecule has 0 bridgehead atoms. The lowest BCUT2D eigenvalue weighted by molar-refractivity contribution is 0.0921. The van der Waals surface area contributed by atoms with Gasteiger partial charge in [0, 0.05) is 25.8 Å². The van der Waals surface area contributed by atoms with Crippen LogP contribution in [0.1, 0.15) is 30.6 Å². The molecule has 0 atom stereocenters. The largest absolute Gasteiger partial charge is 0.385 e. The number of hydrogen-bond donors (Lipinski definition) is 1. The zero-order valence-electron chi connectivity index (χ0n) is 10.8. The van der Waals surface area contributed by atoms with Gasteiger partial charge in [-0.15, -0.1) is 0 Å². The lowest BCUT2D eigenvalue weighted by Crippen LogP contribution is -2.34. The van der Waals surface area contributed by atoms with Crippen LogP contribution in [0.2, 0.25) is 0 Å². The van der Waals surface area contributed by atoms with E-state index in [-0.39, 0.29) is 11.3 Å².